The van der Waals surface area contributed by atoms with Gasteiger partial charge in [-0.3, -0.25) is 4.99 Å². The smallest absolute Gasteiger partial charge is 0.142 e. The van der Waals surface area contributed by atoms with Gasteiger partial charge in [0, 0.05) is 28.2 Å². The predicted molar refractivity (Wildman–Crippen MR) is 108 cm³/mol. The van der Waals surface area contributed by atoms with Crippen molar-refractivity contribution in [2.45, 2.75) is 25.8 Å². The van der Waals surface area contributed by atoms with Crippen LogP contribution in [0.5, 0.6) is 0 Å². The second kappa shape index (κ2) is 6.64. The molecule has 0 saturated carbocycles. The zero-order valence-electron chi connectivity index (χ0n) is 14.6. The number of fused-ring (bicyclic) bond motifs is 4. The van der Waals surface area contributed by atoms with Crippen molar-refractivity contribution in [3.8, 4) is 0 Å². The van der Waals surface area contributed by atoms with Crippen LogP contribution in [0.4, 0.5) is 11.5 Å². The van der Waals surface area contributed by atoms with E-state index in [1.54, 1.807) is 17.7 Å². The Morgan fingerprint density at radius 2 is 2.30 bits per heavy atom. The van der Waals surface area contributed by atoms with E-state index >= 15 is 0 Å². The van der Waals surface area contributed by atoms with Gasteiger partial charge in [-0.1, -0.05) is 11.2 Å². The summed E-state index contributed by atoms with van der Waals surface area (Å²) in [6.45, 7) is 1.33. The van der Waals surface area contributed by atoms with E-state index < -0.39 is 0 Å². The van der Waals surface area contributed by atoms with Crippen LogP contribution < -0.4 is 5.32 Å². The molecule has 2 aliphatic rings. The molecule has 0 saturated heterocycles. The van der Waals surface area contributed by atoms with Crippen LogP contribution in [-0.4, -0.2) is 22.7 Å². The molecular formula is C19H17N7S. The lowest BCUT2D eigenvalue weighted by atomic mass is 9.88. The van der Waals surface area contributed by atoms with Crippen molar-refractivity contribution in [3.05, 3.63) is 56.5 Å². The monoisotopic (exact) mass is 375 g/mol. The molecule has 8 heteroatoms. The molecule has 7 nitrogen and oxygen atoms in total. The quantitative estimate of drug-likeness (QED) is 0.403. The van der Waals surface area contributed by atoms with E-state index in [2.05, 4.69) is 48.5 Å². The van der Waals surface area contributed by atoms with Gasteiger partial charge < -0.3 is 5.32 Å². The van der Waals surface area contributed by atoms with Gasteiger partial charge in [0.2, 0.25) is 0 Å². The third-order valence-electron chi connectivity index (χ3n) is 5.25. The van der Waals surface area contributed by atoms with Gasteiger partial charge in [-0.05, 0) is 59.5 Å². The average Bonchev–Trinajstić information content (AvgIpc) is 3.30. The summed E-state index contributed by atoms with van der Waals surface area (Å²) in [4.78, 5) is 18.6. The number of nitrogens with zero attached hydrogens (tertiary/aromatic N) is 6. The second-order valence-corrected chi connectivity index (χ2v) is 8.02. The first kappa shape index (κ1) is 16.2. The van der Waals surface area contributed by atoms with Crippen LogP contribution >= 0.6 is 11.3 Å². The highest BCUT2D eigenvalue weighted by Crippen LogP contribution is 2.40. The molecule has 1 unspecified atom stereocenters. The molecule has 1 atom stereocenters. The maximum atomic E-state index is 8.57. The molecule has 3 aromatic rings. The minimum atomic E-state index is 0.418. The number of nitrogens with one attached hydrogen (secondary N) is 1. The minimum Gasteiger partial charge on any atom is -0.340 e. The summed E-state index contributed by atoms with van der Waals surface area (Å²) < 4.78 is 0. The summed E-state index contributed by atoms with van der Waals surface area (Å²) in [5.74, 6) is 1.28. The summed E-state index contributed by atoms with van der Waals surface area (Å²) in [7, 11) is 0. The van der Waals surface area contributed by atoms with Crippen LogP contribution in [0.2, 0.25) is 0 Å². The Labute approximate surface area is 159 Å². The van der Waals surface area contributed by atoms with Crippen LogP contribution in [0.25, 0.3) is 20.7 Å². The van der Waals surface area contributed by atoms with Gasteiger partial charge in [0.15, 0.2) is 0 Å². The van der Waals surface area contributed by atoms with E-state index in [1.165, 1.54) is 21.6 Å². The predicted octanol–water partition coefficient (Wildman–Crippen LogP) is 4.78. The highest BCUT2D eigenvalue weighted by atomic mass is 32.1. The zero-order valence-corrected chi connectivity index (χ0v) is 15.4. The van der Waals surface area contributed by atoms with Crippen molar-refractivity contribution < 1.29 is 0 Å². The summed E-state index contributed by atoms with van der Waals surface area (Å²) >= 11 is 1.73. The topological polar surface area (TPSA) is 98.9 Å². The van der Waals surface area contributed by atoms with Gasteiger partial charge in [0.05, 0.1) is 11.9 Å². The van der Waals surface area contributed by atoms with Crippen LogP contribution in [-0.2, 0) is 19.4 Å². The molecule has 1 aliphatic heterocycles. The Morgan fingerprint density at radius 1 is 1.33 bits per heavy atom. The van der Waals surface area contributed by atoms with E-state index in [0.717, 1.165) is 47.5 Å². The summed E-state index contributed by atoms with van der Waals surface area (Å²) in [5.41, 5.74) is 13.3. The fraction of sp³-hybridized carbons (Fsp3) is 0.316. The van der Waals surface area contributed by atoms with Crippen molar-refractivity contribution in [2.24, 2.45) is 16.0 Å². The largest absolute Gasteiger partial charge is 0.340 e. The first-order chi connectivity index (χ1) is 13.3. The molecule has 1 aromatic carbocycles. The van der Waals surface area contributed by atoms with Crippen molar-refractivity contribution in [2.75, 3.05) is 11.9 Å². The molecule has 27 heavy (non-hydrogen) atoms. The lowest BCUT2D eigenvalue weighted by Crippen LogP contribution is -2.15. The molecule has 0 spiro atoms. The highest BCUT2D eigenvalue weighted by molar-refractivity contribution is 7.19. The van der Waals surface area contributed by atoms with E-state index in [9.17, 15) is 0 Å². The molecule has 1 aliphatic carbocycles. The fourth-order valence-electron chi connectivity index (χ4n) is 3.90. The normalized spacial score (nSPS) is 17.4. The van der Waals surface area contributed by atoms with Gasteiger partial charge in [0.25, 0.3) is 0 Å². The van der Waals surface area contributed by atoms with Crippen molar-refractivity contribution in [1.29, 1.82) is 0 Å². The summed E-state index contributed by atoms with van der Waals surface area (Å²) in [6.07, 6.45) is 6.50. The number of hydrogen-bond donors (Lipinski definition) is 1. The van der Waals surface area contributed by atoms with Gasteiger partial charge >= 0.3 is 0 Å². The maximum absolute atomic E-state index is 8.57. The Balaban J connectivity index is 1.50. The molecule has 0 bridgehead atoms. The molecule has 1 N–H and O–H groups in total. The number of rotatable bonds is 4. The van der Waals surface area contributed by atoms with Gasteiger partial charge in [-0.25, -0.2) is 9.97 Å². The number of anilines is 2. The molecule has 0 amide bonds. The van der Waals surface area contributed by atoms with Gasteiger partial charge in [-0.15, -0.1) is 11.3 Å². The van der Waals surface area contributed by atoms with Crippen molar-refractivity contribution in [3.63, 3.8) is 0 Å². The first-order valence-corrected chi connectivity index (χ1v) is 9.79. The Morgan fingerprint density at radius 3 is 3.22 bits per heavy atom. The Kier molecular flexibility index (Phi) is 3.99. The van der Waals surface area contributed by atoms with E-state index in [4.69, 9.17) is 5.53 Å². The van der Waals surface area contributed by atoms with E-state index in [0.29, 0.717) is 12.5 Å². The van der Waals surface area contributed by atoms with Crippen molar-refractivity contribution >= 4 is 39.3 Å². The number of thiophene rings is 1. The SMILES string of the molecule is [N-]=[N+]=NCC1CCc2c(sc3ncnc(Nc4ccc5c(c4)C=NC5)c23)C1. The van der Waals surface area contributed by atoms with Gasteiger partial charge in [0.1, 0.15) is 17.0 Å². The molecule has 5 rings (SSSR count). The standard InChI is InChI=1S/C19H17N7S/c20-26-24-7-11-1-4-15-16(5-11)27-19-17(15)18(22-10-23-19)25-14-3-2-12-8-21-9-13(12)6-14/h2-3,6,9-11H,1,4-5,7-8H2,(H,22,23,25). The number of aryl methyl sites for hydroxylation is 1. The van der Waals surface area contributed by atoms with Gasteiger partial charge in [-0.2, -0.15) is 0 Å². The Bertz CT molecular complexity index is 1110. The lowest BCUT2D eigenvalue weighted by Gasteiger charge is -2.20. The highest BCUT2D eigenvalue weighted by Gasteiger charge is 2.25. The van der Waals surface area contributed by atoms with E-state index in [1.807, 2.05) is 6.21 Å². The molecule has 3 heterocycles. The van der Waals surface area contributed by atoms with Crippen LogP contribution in [0.3, 0.4) is 0 Å². The number of hydrogen-bond acceptors (Lipinski definition) is 6. The summed E-state index contributed by atoms with van der Waals surface area (Å²) in [6, 6.07) is 6.32. The van der Waals surface area contributed by atoms with E-state index in [-0.39, 0.29) is 0 Å². The maximum Gasteiger partial charge on any atom is 0.142 e. The molecule has 134 valence electrons. The fourth-order valence-corrected chi connectivity index (χ4v) is 5.20. The zero-order chi connectivity index (χ0) is 18.2. The van der Waals surface area contributed by atoms with Crippen LogP contribution in [0.1, 0.15) is 28.0 Å². The minimum absolute atomic E-state index is 0.418. The third kappa shape index (κ3) is 2.93. The first-order valence-electron chi connectivity index (χ1n) is 8.97. The number of aromatic nitrogens is 2. The lowest BCUT2D eigenvalue weighted by molar-refractivity contribution is 0.475. The molecular weight excluding hydrogens is 358 g/mol. The second-order valence-electron chi connectivity index (χ2n) is 6.94. The van der Waals surface area contributed by atoms with Crippen LogP contribution in [0.15, 0.2) is 34.6 Å². The molecule has 0 radical (unpaired) electrons. The Hall–Kier alpha value is -2.96. The summed E-state index contributed by atoms with van der Waals surface area (Å²) in [5, 5.41) is 8.38. The van der Waals surface area contributed by atoms with Crippen LogP contribution in [0, 0.1) is 5.92 Å². The number of azide groups is 1. The number of aliphatic imine (C=N–C) groups is 1. The van der Waals surface area contributed by atoms with Crippen molar-refractivity contribution in [1.82, 2.24) is 9.97 Å². The number of benzene rings is 1. The third-order valence-corrected chi connectivity index (χ3v) is 6.41. The molecule has 2 aromatic heterocycles. The average molecular weight is 375 g/mol. The molecule has 0 fully saturated rings.